The Balaban J connectivity index is 2.44. The van der Waals surface area contributed by atoms with Gasteiger partial charge in [-0.15, -0.1) is 0 Å². The molecule has 1 aromatic heterocycles. The molecule has 0 saturated carbocycles. The Bertz CT molecular complexity index is 718. The van der Waals surface area contributed by atoms with Gasteiger partial charge in [0.2, 0.25) is 0 Å². The summed E-state index contributed by atoms with van der Waals surface area (Å²) in [5.41, 5.74) is 1.25. The van der Waals surface area contributed by atoms with Crippen molar-refractivity contribution in [3.05, 3.63) is 30.0 Å². The van der Waals surface area contributed by atoms with E-state index in [9.17, 15) is 13.2 Å². The van der Waals surface area contributed by atoms with Crippen LogP contribution in [0.3, 0.4) is 0 Å². The van der Waals surface area contributed by atoms with Crippen LogP contribution in [-0.4, -0.2) is 35.0 Å². The summed E-state index contributed by atoms with van der Waals surface area (Å²) in [7, 11) is -3.70. The summed E-state index contributed by atoms with van der Waals surface area (Å²) in [6, 6.07) is 7.31. The number of aromatic nitrogens is 2. The number of aliphatic carboxylic acids is 1. The highest BCUT2D eigenvalue weighted by Gasteiger charge is 2.20. The molecule has 0 spiro atoms. The molecule has 0 aliphatic heterocycles. The first-order chi connectivity index (χ1) is 8.93. The van der Waals surface area contributed by atoms with Crippen LogP contribution in [0.5, 0.6) is 0 Å². The molecule has 0 radical (unpaired) electrons. The van der Waals surface area contributed by atoms with Crippen LogP contribution in [0.2, 0.25) is 0 Å². The molecule has 0 saturated heterocycles. The Morgan fingerprint density at radius 3 is 2.68 bits per heavy atom. The van der Waals surface area contributed by atoms with Gasteiger partial charge in [-0.3, -0.25) is 9.48 Å². The fourth-order valence-electron chi connectivity index (χ4n) is 1.99. The van der Waals surface area contributed by atoms with Gasteiger partial charge in [-0.05, 0) is 13.0 Å². The zero-order valence-electron chi connectivity index (χ0n) is 10.4. The minimum Gasteiger partial charge on any atom is -0.480 e. The topological polar surface area (TPSA) is 89.3 Å². The van der Waals surface area contributed by atoms with Crippen molar-refractivity contribution in [2.75, 3.05) is 5.75 Å². The van der Waals surface area contributed by atoms with Gasteiger partial charge in [0.05, 0.1) is 17.0 Å². The van der Waals surface area contributed by atoms with Gasteiger partial charge in [-0.1, -0.05) is 18.2 Å². The first-order valence-corrected chi connectivity index (χ1v) is 7.61. The van der Waals surface area contributed by atoms with Gasteiger partial charge < -0.3 is 5.11 Å². The summed E-state index contributed by atoms with van der Waals surface area (Å²) >= 11 is 0. The van der Waals surface area contributed by atoms with E-state index in [2.05, 4.69) is 5.10 Å². The van der Waals surface area contributed by atoms with Crippen molar-refractivity contribution >= 4 is 26.7 Å². The molecule has 0 atom stereocenters. The van der Waals surface area contributed by atoms with E-state index >= 15 is 0 Å². The molecule has 1 aromatic carbocycles. The standard InChI is InChI=1S/C12H14N2O4S/c1-2-14-11-6-4-3-5-9(11)10(13-14)7-19(17,18)8-12(15)16/h3-6H,2,7-8H2,1H3,(H,15,16). The number of hydrogen-bond acceptors (Lipinski definition) is 4. The summed E-state index contributed by atoms with van der Waals surface area (Å²) in [5, 5.41) is 13.6. The van der Waals surface area contributed by atoms with Gasteiger partial charge >= 0.3 is 5.97 Å². The third-order valence-corrected chi connectivity index (χ3v) is 4.13. The maximum Gasteiger partial charge on any atom is 0.318 e. The predicted octanol–water partition coefficient (Wildman–Crippen LogP) is 1.06. The SMILES string of the molecule is CCn1nc(CS(=O)(=O)CC(=O)O)c2ccccc21. The maximum atomic E-state index is 11.7. The maximum absolute atomic E-state index is 11.7. The largest absolute Gasteiger partial charge is 0.480 e. The normalized spacial score (nSPS) is 11.8. The molecule has 0 amide bonds. The smallest absolute Gasteiger partial charge is 0.318 e. The van der Waals surface area contributed by atoms with Crippen molar-refractivity contribution in [2.24, 2.45) is 0 Å². The molecule has 0 aliphatic rings. The van der Waals surface area contributed by atoms with Gasteiger partial charge in [-0.2, -0.15) is 5.10 Å². The minimum atomic E-state index is -3.70. The summed E-state index contributed by atoms with van der Waals surface area (Å²) in [5.74, 6) is -2.58. The van der Waals surface area contributed by atoms with E-state index in [4.69, 9.17) is 5.11 Å². The van der Waals surface area contributed by atoms with Crippen molar-refractivity contribution in [1.29, 1.82) is 0 Å². The van der Waals surface area contributed by atoms with Gasteiger partial charge in [0, 0.05) is 11.9 Å². The Kier molecular flexibility index (Phi) is 3.57. The van der Waals surface area contributed by atoms with E-state index < -0.39 is 21.6 Å². The number of fused-ring (bicyclic) bond motifs is 1. The predicted molar refractivity (Wildman–Crippen MR) is 70.5 cm³/mol. The number of nitrogens with zero attached hydrogens (tertiary/aromatic N) is 2. The quantitative estimate of drug-likeness (QED) is 0.885. The van der Waals surface area contributed by atoms with E-state index in [1.807, 2.05) is 19.1 Å². The van der Waals surface area contributed by atoms with Crippen molar-refractivity contribution in [2.45, 2.75) is 19.2 Å². The van der Waals surface area contributed by atoms with Crippen LogP contribution in [0.15, 0.2) is 24.3 Å². The molecule has 0 bridgehead atoms. The second kappa shape index (κ2) is 5.00. The van der Waals surface area contributed by atoms with Crippen molar-refractivity contribution in [3.8, 4) is 0 Å². The highest BCUT2D eigenvalue weighted by Crippen LogP contribution is 2.20. The summed E-state index contributed by atoms with van der Waals surface area (Å²) in [6.45, 7) is 2.54. The molecule has 1 heterocycles. The zero-order valence-corrected chi connectivity index (χ0v) is 11.2. The third-order valence-electron chi connectivity index (χ3n) is 2.73. The lowest BCUT2D eigenvalue weighted by Crippen LogP contribution is -2.17. The molecule has 2 rings (SSSR count). The lowest BCUT2D eigenvalue weighted by Gasteiger charge is -1.98. The number of carboxylic acid groups (broad SMARTS) is 1. The third kappa shape index (κ3) is 2.93. The Morgan fingerprint density at radius 1 is 1.37 bits per heavy atom. The number of hydrogen-bond donors (Lipinski definition) is 1. The number of benzene rings is 1. The van der Waals surface area contributed by atoms with Gasteiger partial charge in [0.25, 0.3) is 0 Å². The van der Waals surface area contributed by atoms with Crippen LogP contribution >= 0.6 is 0 Å². The van der Waals surface area contributed by atoms with Crippen molar-refractivity contribution < 1.29 is 18.3 Å². The first-order valence-electron chi connectivity index (χ1n) is 5.79. The minimum absolute atomic E-state index is 0.354. The first kappa shape index (κ1) is 13.5. The molecule has 1 N–H and O–H groups in total. The second-order valence-electron chi connectivity index (χ2n) is 4.21. The Labute approximate surface area is 110 Å². The van der Waals surface area contributed by atoms with Crippen LogP contribution in [0.4, 0.5) is 0 Å². The number of sulfone groups is 1. The van der Waals surface area contributed by atoms with E-state index in [0.29, 0.717) is 12.2 Å². The number of rotatable bonds is 5. The van der Waals surface area contributed by atoms with E-state index in [1.165, 1.54) is 0 Å². The Hall–Kier alpha value is -1.89. The van der Waals surface area contributed by atoms with Crippen molar-refractivity contribution in [3.63, 3.8) is 0 Å². The monoisotopic (exact) mass is 282 g/mol. The molecule has 0 aliphatic carbocycles. The molecular weight excluding hydrogens is 268 g/mol. The molecule has 0 fully saturated rings. The highest BCUT2D eigenvalue weighted by atomic mass is 32.2. The fourth-order valence-corrected chi connectivity index (χ4v) is 3.10. The fraction of sp³-hybridized carbons (Fsp3) is 0.333. The van der Waals surface area contributed by atoms with Crippen LogP contribution < -0.4 is 0 Å². The summed E-state index contributed by atoms with van der Waals surface area (Å²) < 4.78 is 25.2. The van der Waals surface area contributed by atoms with Crippen LogP contribution in [0, 0.1) is 0 Å². The summed E-state index contributed by atoms with van der Waals surface area (Å²) in [4.78, 5) is 10.5. The average molecular weight is 282 g/mol. The van der Waals surface area contributed by atoms with Crippen LogP contribution in [0.1, 0.15) is 12.6 Å². The highest BCUT2D eigenvalue weighted by molar-refractivity contribution is 7.91. The van der Waals surface area contributed by atoms with Gasteiger partial charge in [-0.25, -0.2) is 8.42 Å². The molecule has 6 nitrogen and oxygen atoms in total. The van der Waals surface area contributed by atoms with Gasteiger partial charge in [0.15, 0.2) is 9.84 Å². The molecular formula is C12H14N2O4S. The summed E-state index contributed by atoms with van der Waals surface area (Å²) in [6.07, 6.45) is 0. The molecule has 102 valence electrons. The molecule has 0 unspecified atom stereocenters. The van der Waals surface area contributed by atoms with E-state index in [-0.39, 0.29) is 5.75 Å². The second-order valence-corrected chi connectivity index (χ2v) is 6.27. The number of carboxylic acids is 1. The zero-order chi connectivity index (χ0) is 14.0. The lowest BCUT2D eigenvalue weighted by atomic mass is 10.2. The number of aryl methyl sites for hydroxylation is 1. The van der Waals surface area contributed by atoms with E-state index in [0.717, 1.165) is 10.9 Å². The molecule has 2 aromatic rings. The van der Waals surface area contributed by atoms with Crippen LogP contribution in [-0.2, 0) is 26.9 Å². The lowest BCUT2D eigenvalue weighted by molar-refractivity contribution is -0.134. The van der Waals surface area contributed by atoms with Crippen LogP contribution in [0.25, 0.3) is 10.9 Å². The molecule has 19 heavy (non-hydrogen) atoms. The number of para-hydroxylation sites is 1. The molecule has 7 heteroatoms. The van der Waals surface area contributed by atoms with E-state index in [1.54, 1.807) is 16.8 Å². The van der Waals surface area contributed by atoms with Gasteiger partial charge in [0.1, 0.15) is 5.75 Å². The average Bonchev–Trinajstić information content (AvgIpc) is 2.65. The van der Waals surface area contributed by atoms with Crippen molar-refractivity contribution in [1.82, 2.24) is 9.78 Å². The Morgan fingerprint density at radius 2 is 2.05 bits per heavy atom. The number of carbonyl (C=O) groups is 1.